The fourth-order valence-corrected chi connectivity index (χ4v) is 3.98. The molecule has 0 atom stereocenters. The zero-order valence-corrected chi connectivity index (χ0v) is 17.6. The molecule has 0 N–H and O–H groups in total. The summed E-state index contributed by atoms with van der Waals surface area (Å²) in [5, 5.41) is 0. The molecule has 1 saturated heterocycles. The average Bonchev–Trinajstić information content (AvgIpc) is 3.00. The van der Waals surface area contributed by atoms with Crippen LogP contribution in [-0.4, -0.2) is 62.3 Å². The number of hydrogen-bond donors (Lipinski definition) is 0. The highest BCUT2D eigenvalue weighted by Gasteiger charge is 2.20. The van der Waals surface area contributed by atoms with Gasteiger partial charge in [-0.1, -0.05) is 18.2 Å². The number of benzene rings is 2. The van der Waals surface area contributed by atoms with E-state index in [9.17, 15) is 4.79 Å². The molecular weight excluding hydrogens is 380 g/mol. The molecule has 0 aliphatic carbocycles. The van der Waals surface area contributed by atoms with Gasteiger partial charge in [0.05, 0.1) is 26.9 Å². The van der Waals surface area contributed by atoms with Gasteiger partial charge < -0.3 is 19.1 Å². The van der Waals surface area contributed by atoms with Gasteiger partial charge in [0.25, 0.3) is 0 Å². The topological polar surface area (TPSA) is 51.2 Å². The van der Waals surface area contributed by atoms with Crippen molar-refractivity contribution < 1.29 is 19.0 Å². The smallest absolute Gasteiger partial charge is 0.223 e. The van der Waals surface area contributed by atoms with Crippen molar-refractivity contribution >= 4 is 5.91 Å². The quantitative estimate of drug-likeness (QED) is 0.733. The van der Waals surface area contributed by atoms with Crippen LogP contribution >= 0.6 is 0 Å². The van der Waals surface area contributed by atoms with Crippen molar-refractivity contribution in [1.29, 1.82) is 0 Å². The van der Waals surface area contributed by atoms with Gasteiger partial charge in [-0.3, -0.25) is 9.69 Å². The minimum atomic E-state index is 0.167. The van der Waals surface area contributed by atoms with Crippen molar-refractivity contribution in [2.75, 3.05) is 46.6 Å². The Morgan fingerprint density at radius 3 is 2.53 bits per heavy atom. The minimum Gasteiger partial charge on any atom is -0.497 e. The summed E-state index contributed by atoms with van der Waals surface area (Å²) in [4.78, 5) is 17.2. The monoisotopic (exact) mass is 410 g/mol. The number of methoxy groups -OCH3 is 1. The van der Waals surface area contributed by atoms with Crippen LogP contribution in [0.15, 0.2) is 42.5 Å². The molecule has 2 aliphatic rings. The second-order valence-corrected chi connectivity index (χ2v) is 7.84. The lowest BCUT2D eigenvalue weighted by atomic mass is 10.1. The molecule has 0 unspecified atom stereocenters. The normalized spacial score (nSPS) is 17.0. The summed E-state index contributed by atoms with van der Waals surface area (Å²) in [5.74, 6) is 1.89. The molecule has 0 saturated carbocycles. The van der Waals surface area contributed by atoms with E-state index < -0.39 is 0 Å². The van der Waals surface area contributed by atoms with E-state index in [1.54, 1.807) is 7.11 Å². The Kier molecular flexibility index (Phi) is 6.87. The van der Waals surface area contributed by atoms with Crippen LogP contribution in [0.1, 0.15) is 23.1 Å². The van der Waals surface area contributed by atoms with E-state index >= 15 is 0 Å². The van der Waals surface area contributed by atoms with E-state index in [4.69, 9.17) is 14.2 Å². The van der Waals surface area contributed by atoms with Crippen molar-refractivity contribution in [3.63, 3.8) is 0 Å². The minimum absolute atomic E-state index is 0.167. The second-order valence-electron chi connectivity index (χ2n) is 7.84. The molecular formula is C24H30N2O4. The summed E-state index contributed by atoms with van der Waals surface area (Å²) in [6.07, 6.45) is 1.22. The molecule has 30 heavy (non-hydrogen) atoms. The van der Waals surface area contributed by atoms with Gasteiger partial charge in [0.15, 0.2) is 0 Å². The predicted octanol–water partition coefficient (Wildman–Crippen LogP) is 2.88. The van der Waals surface area contributed by atoms with Crippen molar-refractivity contribution in [2.24, 2.45) is 0 Å². The Morgan fingerprint density at radius 1 is 1.00 bits per heavy atom. The molecule has 0 bridgehead atoms. The van der Waals surface area contributed by atoms with Crippen LogP contribution in [0.2, 0.25) is 0 Å². The molecule has 1 fully saturated rings. The number of hydrogen-bond acceptors (Lipinski definition) is 5. The van der Waals surface area contributed by atoms with Crippen molar-refractivity contribution in [3.8, 4) is 11.5 Å². The molecule has 4 rings (SSSR count). The van der Waals surface area contributed by atoms with Crippen LogP contribution in [0.4, 0.5) is 0 Å². The molecule has 2 aromatic rings. The lowest BCUT2D eigenvalue weighted by Gasteiger charge is -2.27. The van der Waals surface area contributed by atoms with Crippen LogP contribution < -0.4 is 9.47 Å². The van der Waals surface area contributed by atoms with Crippen LogP contribution in [0.5, 0.6) is 11.5 Å². The Hall–Kier alpha value is -2.57. The Labute approximate surface area is 178 Å². The first kappa shape index (κ1) is 20.7. The van der Waals surface area contributed by atoms with Crippen LogP contribution in [0.3, 0.4) is 0 Å². The first-order valence-electron chi connectivity index (χ1n) is 10.7. The van der Waals surface area contributed by atoms with Crippen LogP contribution in [0, 0.1) is 0 Å². The summed E-state index contributed by atoms with van der Waals surface area (Å²) in [6.45, 7) is 6.18. The zero-order valence-electron chi connectivity index (χ0n) is 17.6. The van der Waals surface area contributed by atoms with Gasteiger partial charge in [-0.25, -0.2) is 0 Å². The zero-order chi connectivity index (χ0) is 20.8. The molecule has 6 nitrogen and oxygen atoms in total. The van der Waals surface area contributed by atoms with E-state index in [1.807, 2.05) is 29.2 Å². The average molecular weight is 411 g/mol. The second kappa shape index (κ2) is 9.96. The number of fused-ring (bicyclic) bond motifs is 1. The molecule has 6 heteroatoms. The molecule has 160 valence electrons. The highest BCUT2D eigenvalue weighted by atomic mass is 16.5. The van der Waals surface area contributed by atoms with Gasteiger partial charge in [-0.15, -0.1) is 0 Å². The largest absolute Gasteiger partial charge is 0.497 e. The number of carbonyl (C=O) groups is 1. The fourth-order valence-electron chi connectivity index (χ4n) is 3.98. The first-order chi connectivity index (χ1) is 14.7. The van der Waals surface area contributed by atoms with Crippen molar-refractivity contribution in [1.82, 2.24) is 9.80 Å². The number of carbonyl (C=O) groups excluding carboxylic acids is 1. The molecule has 0 spiro atoms. The van der Waals surface area contributed by atoms with E-state index in [1.165, 1.54) is 5.56 Å². The summed E-state index contributed by atoms with van der Waals surface area (Å²) in [5.41, 5.74) is 3.49. The maximum absolute atomic E-state index is 12.9. The number of aryl methyl sites for hydroxylation is 1. The molecule has 0 radical (unpaired) electrons. The first-order valence-corrected chi connectivity index (χ1v) is 10.7. The Bertz CT molecular complexity index is 847. The number of ether oxygens (including phenoxy) is 3. The van der Waals surface area contributed by atoms with Gasteiger partial charge in [0.2, 0.25) is 5.91 Å². The van der Waals surface area contributed by atoms with Gasteiger partial charge in [-0.2, -0.15) is 0 Å². The third-order valence-corrected chi connectivity index (χ3v) is 5.75. The van der Waals surface area contributed by atoms with Gasteiger partial charge in [0.1, 0.15) is 18.1 Å². The van der Waals surface area contributed by atoms with Gasteiger partial charge >= 0.3 is 0 Å². The third kappa shape index (κ3) is 5.32. The van der Waals surface area contributed by atoms with Crippen molar-refractivity contribution in [3.05, 3.63) is 59.2 Å². The maximum atomic E-state index is 12.9. The molecule has 2 heterocycles. The molecule has 2 aromatic carbocycles. The van der Waals surface area contributed by atoms with E-state index in [2.05, 4.69) is 23.1 Å². The predicted molar refractivity (Wildman–Crippen MR) is 115 cm³/mol. The molecule has 1 amide bonds. The van der Waals surface area contributed by atoms with Gasteiger partial charge in [0, 0.05) is 38.2 Å². The lowest BCUT2D eigenvalue weighted by molar-refractivity contribution is -0.131. The number of morpholine rings is 1. The standard InChI is InChI=1S/C24H30N2O4/c1-28-22-6-2-19(3-7-22)5-9-24(27)26-12-15-30-23-8-4-20(16-21(23)18-26)17-25-10-13-29-14-11-25/h2-4,6-8,16H,5,9-15,17-18H2,1H3. The van der Waals surface area contributed by atoms with E-state index in [-0.39, 0.29) is 5.91 Å². The molecule has 2 aliphatic heterocycles. The van der Waals surface area contributed by atoms with Gasteiger partial charge in [-0.05, 0) is 41.8 Å². The van der Waals surface area contributed by atoms with Crippen LogP contribution in [0.25, 0.3) is 0 Å². The highest BCUT2D eigenvalue weighted by Crippen LogP contribution is 2.26. The summed E-state index contributed by atoms with van der Waals surface area (Å²) >= 11 is 0. The van der Waals surface area contributed by atoms with Crippen LogP contribution in [-0.2, 0) is 29.0 Å². The van der Waals surface area contributed by atoms with E-state index in [0.29, 0.717) is 26.1 Å². The van der Waals surface area contributed by atoms with Crippen molar-refractivity contribution in [2.45, 2.75) is 25.9 Å². The fraction of sp³-hybridized carbons (Fsp3) is 0.458. The molecule has 0 aromatic heterocycles. The number of rotatable bonds is 6. The lowest BCUT2D eigenvalue weighted by Crippen LogP contribution is -2.35. The Morgan fingerprint density at radius 2 is 1.77 bits per heavy atom. The van der Waals surface area contributed by atoms with E-state index in [0.717, 1.165) is 61.9 Å². The summed E-state index contributed by atoms with van der Waals surface area (Å²) < 4.78 is 16.6. The third-order valence-electron chi connectivity index (χ3n) is 5.75. The highest BCUT2D eigenvalue weighted by molar-refractivity contribution is 5.76. The number of amides is 1. The SMILES string of the molecule is COc1ccc(CCC(=O)N2CCOc3ccc(CN4CCOCC4)cc3C2)cc1. The summed E-state index contributed by atoms with van der Waals surface area (Å²) in [7, 11) is 1.66. The number of nitrogens with zero attached hydrogens (tertiary/aromatic N) is 2. The maximum Gasteiger partial charge on any atom is 0.223 e. The summed E-state index contributed by atoms with van der Waals surface area (Å²) in [6, 6.07) is 14.3. The Balaban J connectivity index is 1.37.